The topological polar surface area (TPSA) is 58.8 Å². The van der Waals surface area contributed by atoms with Crippen molar-refractivity contribution in [1.82, 2.24) is 9.80 Å². The molecule has 0 bridgehead atoms. The van der Waals surface area contributed by atoms with Crippen LogP contribution in [-0.2, 0) is 9.53 Å². The van der Waals surface area contributed by atoms with Crippen LogP contribution in [0.1, 0.15) is 39.5 Å². The molecule has 0 aliphatic carbocycles. The molecule has 0 aromatic carbocycles. The van der Waals surface area contributed by atoms with Crippen molar-refractivity contribution in [3.63, 3.8) is 0 Å². The van der Waals surface area contributed by atoms with Gasteiger partial charge in [0.15, 0.2) is 0 Å². The summed E-state index contributed by atoms with van der Waals surface area (Å²) < 4.78 is 5.71. The summed E-state index contributed by atoms with van der Waals surface area (Å²) in [6.45, 7) is 9.81. The Morgan fingerprint density at radius 1 is 1.24 bits per heavy atom. The Hall–Kier alpha value is -0.650. The minimum absolute atomic E-state index is 0.0243. The molecule has 2 aliphatic heterocycles. The third kappa shape index (κ3) is 5.24. The van der Waals surface area contributed by atoms with Gasteiger partial charge in [-0.15, -0.1) is 0 Å². The summed E-state index contributed by atoms with van der Waals surface area (Å²) in [6.07, 6.45) is 4.30. The second kappa shape index (κ2) is 8.11. The molecule has 2 heterocycles. The molecule has 122 valence electrons. The van der Waals surface area contributed by atoms with E-state index in [2.05, 4.69) is 18.7 Å². The average molecular weight is 297 g/mol. The number of amides is 1. The van der Waals surface area contributed by atoms with E-state index in [1.54, 1.807) is 0 Å². The van der Waals surface area contributed by atoms with Crippen LogP contribution in [-0.4, -0.2) is 67.2 Å². The van der Waals surface area contributed by atoms with E-state index >= 15 is 0 Å². The smallest absolute Gasteiger partial charge is 0.224 e. The molecule has 0 aromatic rings. The zero-order chi connectivity index (χ0) is 15.2. The number of rotatable bonds is 5. The Morgan fingerprint density at radius 3 is 2.71 bits per heavy atom. The van der Waals surface area contributed by atoms with Gasteiger partial charge in [0.05, 0.1) is 6.10 Å². The summed E-state index contributed by atoms with van der Waals surface area (Å²) in [5, 5.41) is 0. The SMILES string of the molecule is CC(C)C(N)CC(=O)N1CCCN(CC2CCCO2)CC1. The highest BCUT2D eigenvalue weighted by molar-refractivity contribution is 5.76. The summed E-state index contributed by atoms with van der Waals surface area (Å²) in [5.41, 5.74) is 6.02. The van der Waals surface area contributed by atoms with Gasteiger partial charge < -0.3 is 15.4 Å². The van der Waals surface area contributed by atoms with E-state index in [9.17, 15) is 4.79 Å². The van der Waals surface area contributed by atoms with Crippen LogP contribution < -0.4 is 5.73 Å². The fraction of sp³-hybridized carbons (Fsp3) is 0.938. The van der Waals surface area contributed by atoms with E-state index in [0.717, 1.165) is 45.8 Å². The van der Waals surface area contributed by atoms with Gasteiger partial charge in [-0.05, 0) is 31.7 Å². The van der Waals surface area contributed by atoms with Gasteiger partial charge in [0, 0.05) is 45.2 Å². The number of ether oxygens (including phenoxy) is 1. The van der Waals surface area contributed by atoms with Crippen LogP contribution in [0.3, 0.4) is 0 Å². The minimum atomic E-state index is -0.0243. The van der Waals surface area contributed by atoms with E-state index in [1.807, 2.05) is 4.90 Å². The first kappa shape index (κ1) is 16.7. The zero-order valence-electron chi connectivity index (χ0n) is 13.6. The molecule has 2 aliphatic rings. The largest absolute Gasteiger partial charge is 0.377 e. The lowest BCUT2D eigenvalue weighted by Crippen LogP contribution is -2.40. The Balaban J connectivity index is 1.75. The number of nitrogens with two attached hydrogens (primary N) is 1. The van der Waals surface area contributed by atoms with Crippen molar-refractivity contribution in [3.8, 4) is 0 Å². The molecule has 2 unspecified atom stereocenters. The molecule has 2 rings (SSSR count). The number of nitrogens with zero attached hydrogens (tertiary/aromatic N) is 2. The summed E-state index contributed by atoms with van der Waals surface area (Å²) in [6, 6.07) is -0.0243. The maximum Gasteiger partial charge on any atom is 0.224 e. The number of carbonyl (C=O) groups excluding carboxylic acids is 1. The highest BCUT2D eigenvalue weighted by Crippen LogP contribution is 2.15. The molecule has 5 nitrogen and oxygen atoms in total. The molecule has 0 spiro atoms. The van der Waals surface area contributed by atoms with Crippen molar-refractivity contribution in [3.05, 3.63) is 0 Å². The highest BCUT2D eigenvalue weighted by Gasteiger charge is 2.24. The Morgan fingerprint density at radius 2 is 2.05 bits per heavy atom. The molecule has 2 N–H and O–H groups in total. The molecule has 2 saturated heterocycles. The van der Waals surface area contributed by atoms with Gasteiger partial charge >= 0.3 is 0 Å². The second-order valence-corrected chi connectivity index (χ2v) is 6.78. The molecular formula is C16H31N3O2. The molecule has 2 fully saturated rings. The van der Waals surface area contributed by atoms with Gasteiger partial charge in [0.2, 0.25) is 5.91 Å². The van der Waals surface area contributed by atoms with Gasteiger partial charge in [-0.1, -0.05) is 13.8 Å². The molecular weight excluding hydrogens is 266 g/mol. The van der Waals surface area contributed by atoms with Crippen LogP contribution >= 0.6 is 0 Å². The lowest BCUT2D eigenvalue weighted by molar-refractivity contribution is -0.131. The number of hydrogen-bond acceptors (Lipinski definition) is 4. The van der Waals surface area contributed by atoms with Crippen molar-refractivity contribution in [2.45, 2.75) is 51.7 Å². The highest BCUT2D eigenvalue weighted by atomic mass is 16.5. The van der Waals surface area contributed by atoms with Crippen LogP contribution in [0.15, 0.2) is 0 Å². The first-order chi connectivity index (χ1) is 10.1. The monoisotopic (exact) mass is 297 g/mol. The van der Waals surface area contributed by atoms with E-state index < -0.39 is 0 Å². The number of hydrogen-bond donors (Lipinski definition) is 1. The third-order valence-electron chi connectivity index (χ3n) is 4.69. The standard InChI is InChI=1S/C16H31N3O2/c1-13(2)15(17)11-16(20)19-7-4-6-18(8-9-19)12-14-5-3-10-21-14/h13-15H,3-12,17H2,1-2H3. The fourth-order valence-corrected chi connectivity index (χ4v) is 3.05. The van der Waals surface area contributed by atoms with Crippen molar-refractivity contribution in [2.75, 3.05) is 39.3 Å². The van der Waals surface area contributed by atoms with Gasteiger partial charge in [0.25, 0.3) is 0 Å². The number of carbonyl (C=O) groups is 1. The molecule has 5 heteroatoms. The molecule has 0 aromatic heterocycles. The summed E-state index contributed by atoms with van der Waals surface area (Å²) in [7, 11) is 0. The first-order valence-electron chi connectivity index (χ1n) is 8.43. The zero-order valence-corrected chi connectivity index (χ0v) is 13.6. The summed E-state index contributed by atoms with van der Waals surface area (Å²) in [5.74, 6) is 0.576. The van der Waals surface area contributed by atoms with E-state index in [0.29, 0.717) is 18.4 Å². The van der Waals surface area contributed by atoms with Gasteiger partial charge in [-0.3, -0.25) is 9.69 Å². The average Bonchev–Trinajstić information content (AvgIpc) is 2.83. The Labute approximate surface area is 128 Å². The quantitative estimate of drug-likeness (QED) is 0.825. The van der Waals surface area contributed by atoms with E-state index in [4.69, 9.17) is 10.5 Å². The normalized spacial score (nSPS) is 26.1. The first-order valence-corrected chi connectivity index (χ1v) is 8.43. The molecule has 21 heavy (non-hydrogen) atoms. The predicted molar refractivity (Wildman–Crippen MR) is 84.0 cm³/mol. The molecule has 2 atom stereocenters. The maximum atomic E-state index is 12.3. The summed E-state index contributed by atoms with van der Waals surface area (Å²) >= 11 is 0. The second-order valence-electron chi connectivity index (χ2n) is 6.78. The van der Waals surface area contributed by atoms with E-state index in [1.165, 1.54) is 12.8 Å². The van der Waals surface area contributed by atoms with Gasteiger partial charge in [-0.25, -0.2) is 0 Å². The lowest BCUT2D eigenvalue weighted by Gasteiger charge is -2.25. The van der Waals surface area contributed by atoms with Crippen LogP contribution in [0.2, 0.25) is 0 Å². The van der Waals surface area contributed by atoms with Crippen LogP contribution in [0.5, 0.6) is 0 Å². The minimum Gasteiger partial charge on any atom is -0.377 e. The van der Waals surface area contributed by atoms with E-state index in [-0.39, 0.29) is 11.9 Å². The fourth-order valence-electron chi connectivity index (χ4n) is 3.05. The lowest BCUT2D eigenvalue weighted by atomic mass is 10.0. The summed E-state index contributed by atoms with van der Waals surface area (Å²) in [4.78, 5) is 16.8. The van der Waals surface area contributed by atoms with Gasteiger partial charge in [-0.2, -0.15) is 0 Å². The molecule has 0 radical (unpaired) electrons. The van der Waals surface area contributed by atoms with Crippen LogP contribution in [0, 0.1) is 5.92 Å². The van der Waals surface area contributed by atoms with Crippen LogP contribution in [0.4, 0.5) is 0 Å². The van der Waals surface area contributed by atoms with Crippen molar-refractivity contribution in [1.29, 1.82) is 0 Å². The van der Waals surface area contributed by atoms with Crippen LogP contribution in [0.25, 0.3) is 0 Å². The maximum absolute atomic E-state index is 12.3. The van der Waals surface area contributed by atoms with Crippen molar-refractivity contribution < 1.29 is 9.53 Å². The van der Waals surface area contributed by atoms with Crippen molar-refractivity contribution >= 4 is 5.91 Å². The van der Waals surface area contributed by atoms with Gasteiger partial charge in [0.1, 0.15) is 0 Å². The van der Waals surface area contributed by atoms with Crippen molar-refractivity contribution in [2.24, 2.45) is 11.7 Å². The third-order valence-corrected chi connectivity index (χ3v) is 4.69. The Bertz CT molecular complexity index is 329. The predicted octanol–water partition coefficient (Wildman–Crippen LogP) is 1.07. The Kier molecular flexibility index (Phi) is 6.45. The molecule has 1 amide bonds. The molecule has 0 saturated carbocycles.